The zero-order valence-electron chi connectivity index (χ0n) is 11.1. The second-order valence-electron chi connectivity index (χ2n) is 5.51. The first-order valence-corrected chi connectivity index (χ1v) is 6.85. The van der Waals surface area contributed by atoms with Gasteiger partial charge in [0.1, 0.15) is 0 Å². The molecule has 0 unspecified atom stereocenters. The number of hydrogen-bond donors (Lipinski definition) is 0. The van der Waals surface area contributed by atoms with Crippen LogP contribution in [0, 0.1) is 5.92 Å². The standard InChI is InChI=1S/C16H24O/c1-16(17-2,15-11-7-4-8-12-15)13-14-9-5-3-6-10-14/h4,7-8,11-12,14H,3,5-6,9-10,13H2,1-2H3/t16-/m0/s1. The van der Waals surface area contributed by atoms with Crippen molar-refractivity contribution < 1.29 is 4.74 Å². The van der Waals surface area contributed by atoms with Gasteiger partial charge in [0, 0.05) is 7.11 Å². The van der Waals surface area contributed by atoms with E-state index in [9.17, 15) is 0 Å². The highest BCUT2D eigenvalue weighted by Gasteiger charge is 2.30. The Morgan fingerprint density at radius 2 is 1.76 bits per heavy atom. The molecule has 1 aliphatic rings. The Balaban J connectivity index is 2.08. The summed E-state index contributed by atoms with van der Waals surface area (Å²) in [5.41, 5.74) is 1.21. The lowest BCUT2D eigenvalue weighted by molar-refractivity contribution is -0.0227. The lowest BCUT2D eigenvalue weighted by atomic mass is 9.79. The highest BCUT2D eigenvalue weighted by molar-refractivity contribution is 5.21. The van der Waals surface area contributed by atoms with E-state index in [4.69, 9.17) is 4.74 Å². The van der Waals surface area contributed by atoms with E-state index in [1.54, 1.807) is 0 Å². The summed E-state index contributed by atoms with van der Waals surface area (Å²) in [6.07, 6.45) is 8.15. The molecule has 17 heavy (non-hydrogen) atoms. The summed E-state index contributed by atoms with van der Waals surface area (Å²) in [6.45, 7) is 2.23. The van der Waals surface area contributed by atoms with Crippen LogP contribution in [0.25, 0.3) is 0 Å². The van der Waals surface area contributed by atoms with Gasteiger partial charge in [-0.3, -0.25) is 0 Å². The topological polar surface area (TPSA) is 9.23 Å². The van der Waals surface area contributed by atoms with Crippen LogP contribution in [-0.4, -0.2) is 7.11 Å². The van der Waals surface area contributed by atoms with Crippen LogP contribution >= 0.6 is 0 Å². The van der Waals surface area contributed by atoms with E-state index < -0.39 is 0 Å². The molecule has 0 amide bonds. The van der Waals surface area contributed by atoms with Crippen LogP contribution in [0.2, 0.25) is 0 Å². The Kier molecular flexibility index (Phi) is 4.22. The first kappa shape index (κ1) is 12.6. The van der Waals surface area contributed by atoms with Crippen molar-refractivity contribution in [2.24, 2.45) is 5.92 Å². The predicted octanol–water partition coefficient (Wildman–Crippen LogP) is 4.52. The molecule has 1 nitrogen and oxygen atoms in total. The molecule has 1 fully saturated rings. The molecule has 1 aromatic rings. The zero-order chi connectivity index (χ0) is 12.1. The minimum absolute atomic E-state index is 0.108. The van der Waals surface area contributed by atoms with Gasteiger partial charge in [0.25, 0.3) is 0 Å². The van der Waals surface area contributed by atoms with Gasteiger partial charge in [-0.05, 0) is 24.8 Å². The molecule has 0 saturated heterocycles. The molecule has 0 spiro atoms. The fraction of sp³-hybridized carbons (Fsp3) is 0.625. The molecule has 2 rings (SSSR count). The van der Waals surface area contributed by atoms with Crippen molar-refractivity contribution in [3.63, 3.8) is 0 Å². The van der Waals surface area contributed by atoms with Gasteiger partial charge in [0.05, 0.1) is 5.60 Å². The highest BCUT2D eigenvalue weighted by Crippen LogP contribution is 2.37. The van der Waals surface area contributed by atoms with Gasteiger partial charge < -0.3 is 4.74 Å². The summed E-state index contributed by atoms with van der Waals surface area (Å²) in [4.78, 5) is 0. The van der Waals surface area contributed by atoms with E-state index in [1.807, 2.05) is 7.11 Å². The van der Waals surface area contributed by atoms with Crippen LogP contribution in [0.4, 0.5) is 0 Å². The molecule has 1 aromatic carbocycles. The molecule has 1 aliphatic carbocycles. The number of ether oxygens (including phenoxy) is 1. The molecular weight excluding hydrogens is 208 g/mol. The third-order valence-electron chi connectivity index (χ3n) is 4.24. The predicted molar refractivity (Wildman–Crippen MR) is 72.0 cm³/mol. The van der Waals surface area contributed by atoms with Gasteiger partial charge in [-0.15, -0.1) is 0 Å². The first-order chi connectivity index (χ1) is 8.24. The van der Waals surface area contributed by atoms with Gasteiger partial charge in [-0.1, -0.05) is 62.4 Å². The molecule has 0 bridgehead atoms. The Bertz CT molecular complexity index is 327. The highest BCUT2D eigenvalue weighted by atomic mass is 16.5. The second kappa shape index (κ2) is 5.68. The fourth-order valence-electron chi connectivity index (χ4n) is 3.05. The van der Waals surface area contributed by atoms with Crippen molar-refractivity contribution in [1.29, 1.82) is 0 Å². The molecule has 94 valence electrons. The molecule has 1 heteroatoms. The van der Waals surface area contributed by atoms with E-state index in [0.717, 1.165) is 12.3 Å². The van der Waals surface area contributed by atoms with Gasteiger partial charge >= 0.3 is 0 Å². The molecule has 0 aromatic heterocycles. The maximum atomic E-state index is 5.83. The van der Waals surface area contributed by atoms with Gasteiger partial charge in [0.2, 0.25) is 0 Å². The van der Waals surface area contributed by atoms with Crippen LogP contribution in [0.1, 0.15) is 51.0 Å². The average Bonchev–Trinajstić information content (AvgIpc) is 2.41. The lowest BCUT2D eigenvalue weighted by Crippen LogP contribution is -2.28. The lowest BCUT2D eigenvalue weighted by Gasteiger charge is -2.34. The Morgan fingerprint density at radius 3 is 2.35 bits per heavy atom. The van der Waals surface area contributed by atoms with Crippen molar-refractivity contribution in [3.8, 4) is 0 Å². The molecule has 0 heterocycles. The Labute approximate surface area is 105 Å². The summed E-state index contributed by atoms with van der Waals surface area (Å²) in [5, 5.41) is 0. The van der Waals surface area contributed by atoms with Crippen molar-refractivity contribution >= 4 is 0 Å². The number of rotatable bonds is 4. The molecule has 0 radical (unpaired) electrons. The van der Waals surface area contributed by atoms with Crippen LogP contribution < -0.4 is 0 Å². The maximum Gasteiger partial charge on any atom is 0.0902 e. The SMILES string of the molecule is CO[C@@](C)(CC1CCCCC1)c1ccccc1. The quantitative estimate of drug-likeness (QED) is 0.741. The summed E-state index contributed by atoms with van der Waals surface area (Å²) in [6, 6.07) is 10.7. The Morgan fingerprint density at radius 1 is 1.12 bits per heavy atom. The minimum Gasteiger partial charge on any atom is -0.374 e. The third-order valence-corrected chi connectivity index (χ3v) is 4.24. The van der Waals surface area contributed by atoms with E-state index >= 15 is 0 Å². The number of hydrogen-bond acceptors (Lipinski definition) is 1. The normalized spacial score (nSPS) is 21.1. The molecule has 0 N–H and O–H groups in total. The number of benzene rings is 1. The molecule has 0 aliphatic heterocycles. The van der Waals surface area contributed by atoms with Crippen LogP contribution in [0.5, 0.6) is 0 Å². The van der Waals surface area contributed by atoms with Gasteiger partial charge in [-0.25, -0.2) is 0 Å². The fourth-order valence-corrected chi connectivity index (χ4v) is 3.05. The van der Waals surface area contributed by atoms with Crippen molar-refractivity contribution in [3.05, 3.63) is 35.9 Å². The molecule has 1 atom stereocenters. The zero-order valence-corrected chi connectivity index (χ0v) is 11.1. The monoisotopic (exact) mass is 232 g/mol. The van der Waals surface area contributed by atoms with Crippen molar-refractivity contribution in [2.75, 3.05) is 7.11 Å². The molecule has 1 saturated carbocycles. The maximum absolute atomic E-state index is 5.83. The average molecular weight is 232 g/mol. The summed E-state index contributed by atoms with van der Waals surface area (Å²) in [7, 11) is 1.84. The van der Waals surface area contributed by atoms with Gasteiger partial charge in [-0.2, -0.15) is 0 Å². The smallest absolute Gasteiger partial charge is 0.0902 e. The second-order valence-corrected chi connectivity index (χ2v) is 5.51. The summed E-state index contributed by atoms with van der Waals surface area (Å²) in [5.74, 6) is 0.842. The minimum atomic E-state index is -0.108. The molecular formula is C16H24O. The Hall–Kier alpha value is -0.820. The van der Waals surface area contributed by atoms with Crippen LogP contribution in [0.15, 0.2) is 30.3 Å². The number of methoxy groups -OCH3 is 1. The van der Waals surface area contributed by atoms with Crippen LogP contribution in [-0.2, 0) is 10.3 Å². The van der Waals surface area contributed by atoms with Crippen LogP contribution in [0.3, 0.4) is 0 Å². The van der Waals surface area contributed by atoms with Crippen molar-refractivity contribution in [1.82, 2.24) is 0 Å². The van der Waals surface area contributed by atoms with Gasteiger partial charge in [0.15, 0.2) is 0 Å². The van der Waals surface area contributed by atoms with E-state index in [0.29, 0.717) is 0 Å². The van der Waals surface area contributed by atoms with E-state index in [1.165, 1.54) is 37.7 Å². The van der Waals surface area contributed by atoms with E-state index in [-0.39, 0.29) is 5.60 Å². The van der Waals surface area contributed by atoms with E-state index in [2.05, 4.69) is 37.3 Å². The largest absolute Gasteiger partial charge is 0.374 e. The first-order valence-electron chi connectivity index (χ1n) is 6.85. The third kappa shape index (κ3) is 3.10. The van der Waals surface area contributed by atoms with Crippen molar-refractivity contribution in [2.45, 2.75) is 51.0 Å². The summed E-state index contributed by atoms with van der Waals surface area (Å²) >= 11 is 0. The summed E-state index contributed by atoms with van der Waals surface area (Å²) < 4.78 is 5.83.